The molecule has 0 spiro atoms. The molecule has 5 unspecified atom stereocenters. The molecule has 2 nitrogen and oxygen atoms in total. The van der Waals surface area contributed by atoms with Crippen LogP contribution < -0.4 is 0 Å². The van der Waals surface area contributed by atoms with Crippen LogP contribution >= 0.6 is 0 Å². The van der Waals surface area contributed by atoms with E-state index in [-0.39, 0.29) is 17.3 Å². The third-order valence-electron chi connectivity index (χ3n) is 5.72. The Morgan fingerprint density at radius 3 is 2.59 bits per heavy atom. The molecule has 5 atom stereocenters. The van der Waals surface area contributed by atoms with E-state index in [1.54, 1.807) is 0 Å². The molecule has 4 aliphatic rings. The van der Waals surface area contributed by atoms with Crippen molar-refractivity contribution in [3.63, 3.8) is 0 Å². The second-order valence-electron chi connectivity index (χ2n) is 7.13. The van der Waals surface area contributed by atoms with E-state index in [0.717, 1.165) is 12.8 Å². The van der Waals surface area contributed by atoms with Gasteiger partial charge in [0.25, 0.3) is 0 Å². The zero-order chi connectivity index (χ0) is 12.6. The van der Waals surface area contributed by atoms with Crippen LogP contribution in [0.25, 0.3) is 0 Å². The summed E-state index contributed by atoms with van der Waals surface area (Å²) in [6.45, 7) is 8.17. The Kier molecular flexibility index (Phi) is 2.04. The third-order valence-corrected chi connectivity index (χ3v) is 5.72. The van der Waals surface area contributed by atoms with Gasteiger partial charge < -0.3 is 5.11 Å². The number of carbonyl (C=O) groups is 1. The molecule has 2 saturated carbocycles. The Morgan fingerprint density at radius 1 is 1.41 bits per heavy atom. The lowest BCUT2D eigenvalue weighted by Crippen LogP contribution is -2.68. The van der Waals surface area contributed by atoms with E-state index in [4.69, 9.17) is 0 Å². The summed E-state index contributed by atoms with van der Waals surface area (Å²) in [4.78, 5) is 12.2. The Bertz CT molecular complexity index is 415. The second-order valence-corrected chi connectivity index (χ2v) is 7.13. The lowest BCUT2D eigenvalue weighted by Gasteiger charge is -2.69. The molecule has 0 aliphatic heterocycles. The van der Waals surface area contributed by atoms with Gasteiger partial charge in [0.05, 0.1) is 5.60 Å². The van der Waals surface area contributed by atoms with Crippen molar-refractivity contribution in [2.24, 2.45) is 29.1 Å². The van der Waals surface area contributed by atoms with Gasteiger partial charge in [-0.25, -0.2) is 0 Å². The molecule has 4 aliphatic carbocycles. The van der Waals surface area contributed by atoms with Crippen molar-refractivity contribution in [3.8, 4) is 0 Å². The number of carbonyl (C=O) groups excluding carboxylic acids is 1. The molecule has 0 saturated heterocycles. The van der Waals surface area contributed by atoms with Gasteiger partial charge in [0.1, 0.15) is 0 Å². The van der Waals surface area contributed by atoms with Crippen LogP contribution in [-0.4, -0.2) is 16.5 Å². The molecule has 94 valence electrons. The first kappa shape index (κ1) is 11.5. The van der Waals surface area contributed by atoms with Gasteiger partial charge in [0.2, 0.25) is 0 Å². The van der Waals surface area contributed by atoms with Crippen molar-refractivity contribution in [1.29, 1.82) is 0 Å². The monoisotopic (exact) mass is 234 g/mol. The third kappa shape index (κ3) is 1.22. The number of hydrogen-bond acceptors (Lipinski definition) is 2. The summed E-state index contributed by atoms with van der Waals surface area (Å²) in [5.41, 5.74) is 0.794. The maximum Gasteiger partial charge on any atom is 0.159 e. The molecule has 4 rings (SSSR count). The van der Waals surface area contributed by atoms with Crippen molar-refractivity contribution >= 4 is 5.78 Å². The van der Waals surface area contributed by atoms with Gasteiger partial charge in [0, 0.05) is 5.92 Å². The topological polar surface area (TPSA) is 37.3 Å². The average molecular weight is 234 g/mol. The van der Waals surface area contributed by atoms with Crippen molar-refractivity contribution in [1.82, 2.24) is 0 Å². The van der Waals surface area contributed by atoms with Crippen LogP contribution in [0.1, 0.15) is 40.5 Å². The van der Waals surface area contributed by atoms with Crippen LogP contribution in [0.5, 0.6) is 0 Å². The van der Waals surface area contributed by atoms with Gasteiger partial charge >= 0.3 is 0 Å². The van der Waals surface area contributed by atoms with Crippen molar-refractivity contribution in [2.75, 3.05) is 0 Å². The van der Waals surface area contributed by atoms with Crippen LogP contribution in [0.2, 0.25) is 0 Å². The minimum absolute atomic E-state index is 0.182. The number of allylic oxidation sites excluding steroid dienone is 2. The first-order valence-corrected chi connectivity index (χ1v) is 6.71. The van der Waals surface area contributed by atoms with Gasteiger partial charge in [-0.15, -0.1) is 0 Å². The predicted octanol–water partition coefficient (Wildman–Crippen LogP) is 2.56. The molecule has 17 heavy (non-hydrogen) atoms. The maximum atomic E-state index is 12.2. The van der Waals surface area contributed by atoms with E-state index >= 15 is 0 Å². The fourth-order valence-electron chi connectivity index (χ4n) is 5.15. The summed E-state index contributed by atoms with van der Waals surface area (Å²) in [7, 11) is 0. The number of hydrogen-bond donors (Lipinski definition) is 1. The van der Waals surface area contributed by atoms with Crippen LogP contribution in [0.15, 0.2) is 11.6 Å². The van der Waals surface area contributed by atoms with E-state index in [9.17, 15) is 9.90 Å². The number of fused-ring (bicyclic) bond motifs is 1. The highest BCUT2D eigenvalue weighted by Crippen LogP contribution is 2.71. The quantitative estimate of drug-likeness (QED) is 0.757. The summed E-state index contributed by atoms with van der Waals surface area (Å²) in [6.07, 6.45) is 4.00. The Balaban J connectivity index is 2.03. The summed E-state index contributed by atoms with van der Waals surface area (Å²) in [5, 5.41) is 10.3. The van der Waals surface area contributed by atoms with Gasteiger partial charge in [0.15, 0.2) is 5.78 Å². The van der Waals surface area contributed by atoms with Gasteiger partial charge in [-0.3, -0.25) is 4.79 Å². The van der Waals surface area contributed by atoms with Crippen LogP contribution in [-0.2, 0) is 4.79 Å². The van der Waals surface area contributed by atoms with Crippen molar-refractivity contribution in [2.45, 2.75) is 46.1 Å². The lowest BCUT2D eigenvalue weighted by atomic mass is 9.34. The molecule has 0 amide bonds. The Hall–Kier alpha value is -0.630. The highest BCUT2D eigenvalue weighted by Gasteiger charge is 2.69. The SMILES string of the molecule is CC1=CC(=O)C2C3C(C(C)(C)O)CCC2(C)C13. The minimum atomic E-state index is -0.652. The molecule has 0 aromatic carbocycles. The van der Waals surface area contributed by atoms with Crippen LogP contribution in [0.3, 0.4) is 0 Å². The second kappa shape index (κ2) is 3.03. The first-order valence-electron chi connectivity index (χ1n) is 6.71. The smallest absolute Gasteiger partial charge is 0.159 e. The average Bonchev–Trinajstić information content (AvgIpc) is 2.13. The number of rotatable bonds is 1. The largest absolute Gasteiger partial charge is 0.390 e. The fourth-order valence-corrected chi connectivity index (χ4v) is 5.15. The first-order chi connectivity index (χ1) is 7.77. The Morgan fingerprint density at radius 2 is 2.06 bits per heavy atom. The van der Waals surface area contributed by atoms with Crippen molar-refractivity contribution < 1.29 is 9.90 Å². The number of aliphatic hydroxyl groups is 1. The lowest BCUT2D eigenvalue weighted by molar-refractivity contribution is -0.207. The van der Waals surface area contributed by atoms with Gasteiger partial charge in [-0.05, 0) is 62.9 Å². The minimum Gasteiger partial charge on any atom is -0.390 e. The normalized spacial score (nSPS) is 48.5. The summed E-state index contributed by atoms with van der Waals surface area (Å²) in [5.74, 6) is 1.71. The van der Waals surface area contributed by atoms with Crippen molar-refractivity contribution in [3.05, 3.63) is 11.6 Å². The standard InChI is InChI=1S/C15H22O2/c1-8-7-10(16)13-11-9(14(2,3)17)5-6-15(13,4)12(8)11/h7,9,11-13,17H,5-6H2,1-4H3. The number of ketones is 1. The molecule has 0 aromatic rings. The summed E-state index contributed by atoms with van der Waals surface area (Å²) >= 11 is 0. The van der Waals surface area contributed by atoms with E-state index in [0.29, 0.717) is 17.6 Å². The molecule has 4 bridgehead atoms. The van der Waals surface area contributed by atoms with Gasteiger partial charge in [-0.2, -0.15) is 0 Å². The van der Waals surface area contributed by atoms with Gasteiger partial charge in [-0.1, -0.05) is 12.5 Å². The van der Waals surface area contributed by atoms with Crippen LogP contribution in [0.4, 0.5) is 0 Å². The van der Waals surface area contributed by atoms with E-state index in [1.807, 2.05) is 19.9 Å². The van der Waals surface area contributed by atoms with E-state index in [1.165, 1.54) is 5.57 Å². The zero-order valence-electron chi connectivity index (χ0n) is 11.2. The molecular formula is C15H22O2. The highest BCUT2D eigenvalue weighted by atomic mass is 16.3. The molecule has 0 radical (unpaired) electrons. The van der Waals surface area contributed by atoms with E-state index in [2.05, 4.69) is 13.8 Å². The molecule has 1 N–H and O–H groups in total. The van der Waals surface area contributed by atoms with Crippen LogP contribution in [0, 0.1) is 29.1 Å². The maximum absolute atomic E-state index is 12.2. The fraction of sp³-hybridized carbons (Fsp3) is 0.800. The van der Waals surface area contributed by atoms with E-state index < -0.39 is 5.60 Å². The molecule has 2 fully saturated rings. The molecule has 2 heteroatoms. The summed E-state index contributed by atoms with van der Waals surface area (Å²) < 4.78 is 0. The predicted molar refractivity (Wildman–Crippen MR) is 66.4 cm³/mol. The molecule has 0 aromatic heterocycles. The Labute approximate surface area is 103 Å². The molecule has 0 heterocycles. The molecular weight excluding hydrogens is 212 g/mol. The summed E-state index contributed by atoms with van der Waals surface area (Å²) in [6, 6.07) is 0. The highest BCUT2D eigenvalue weighted by molar-refractivity contribution is 5.96. The zero-order valence-corrected chi connectivity index (χ0v) is 11.2.